The molecule has 0 aliphatic heterocycles. The molecule has 0 fully saturated rings. The lowest BCUT2D eigenvalue weighted by molar-refractivity contribution is -0.147. The van der Waals surface area contributed by atoms with E-state index in [1.807, 2.05) is 19.1 Å². The highest BCUT2D eigenvalue weighted by atomic mass is 32.2. The van der Waals surface area contributed by atoms with Crippen molar-refractivity contribution in [3.63, 3.8) is 0 Å². The fraction of sp³-hybridized carbons (Fsp3) is 0.385. The Labute approximate surface area is 116 Å². The maximum absolute atomic E-state index is 10.8. The topological polar surface area (TPSA) is 82.3 Å². The van der Waals surface area contributed by atoms with Gasteiger partial charge in [-0.05, 0) is 17.9 Å². The first-order chi connectivity index (χ1) is 9.13. The molecule has 1 aromatic carbocycles. The molecule has 0 aliphatic carbocycles. The van der Waals surface area contributed by atoms with Crippen LogP contribution in [0.5, 0.6) is 0 Å². The highest BCUT2D eigenvalue weighted by Crippen LogP contribution is 2.27. The van der Waals surface area contributed by atoms with E-state index in [4.69, 9.17) is 9.84 Å². The normalized spacial score (nSPS) is 11.6. The van der Waals surface area contributed by atoms with Crippen LogP contribution in [0.15, 0.2) is 23.1 Å². The third-order valence-electron chi connectivity index (χ3n) is 2.48. The quantitative estimate of drug-likeness (QED) is 0.745. The van der Waals surface area contributed by atoms with Crippen LogP contribution in [-0.2, 0) is 9.53 Å². The highest BCUT2D eigenvalue weighted by molar-refractivity contribution is 7.99. The summed E-state index contributed by atoms with van der Waals surface area (Å²) in [5, 5.41) is 21.0. The number of nitrogens with one attached hydrogen (secondary N) is 1. The third kappa shape index (κ3) is 4.16. The molecular weight excluding hydrogens is 264 g/mol. The SMILES string of the molecule is CCSc1cccc(NCC(OC)C(=O)O)c1C#N. The van der Waals surface area contributed by atoms with Gasteiger partial charge in [0.1, 0.15) is 6.07 Å². The van der Waals surface area contributed by atoms with Gasteiger partial charge in [-0.25, -0.2) is 4.79 Å². The summed E-state index contributed by atoms with van der Waals surface area (Å²) in [4.78, 5) is 11.7. The number of thioether (sulfide) groups is 1. The highest BCUT2D eigenvalue weighted by Gasteiger charge is 2.17. The zero-order valence-electron chi connectivity index (χ0n) is 10.8. The molecule has 0 aliphatic rings. The second kappa shape index (κ2) is 7.67. The second-order valence-electron chi connectivity index (χ2n) is 3.67. The first-order valence-corrected chi connectivity index (χ1v) is 6.78. The number of hydrogen-bond acceptors (Lipinski definition) is 5. The summed E-state index contributed by atoms with van der Waals surface area (Å²) in [6.45, 7) is 2.12. The number of rotatable bonds is 7. The molecule has 0 aromatic heterocycles. The number of carbonyl (C=O) groups is 1. The average molecular weight is 280 g/mol. The van der Waals surface area contributed by atoms with Gasteiger partial charge in [-0.3, -0.25) is 0 Å². The first-order valence-electron chi connectivity index (χ1n) is 5.79. The summed E-state index contributed by atoms with van der Waals surface area (Å²) in [5.74, 6) is -0.166. The van der Waals surface area contributed by atoms with Gasteiger partial charge in [0.15, 0.2) is 6.10 Å². The van der Waals surface area contributed by atoms with Crippen molar-refractivity contribution in [3.05, 3.63) is 23.8 Å². The molecule has 1 aromatic rings. The van der Waals surface area contributed by atoms with Crippen molar-refractivity contribution in [2.45, 2.75) is 17.9 Å². The molecule has 2 N–H and O–H groups in total. The maximum atomic E-state index is 10.8. The van der Waals surface area contributed by atoms with Gasteiger partial charge in [0, 0.05) is 12.0 Å². The molecule has 0 spiro atoms. The fourth-order valence-corrected chi connectivity index (χ4v) is 2.33. The number of hydrogen-bond donors (Lipinski definition) is 2. The number of anilines is 1. The smallest absolute Gasteiger partial charge is 0.334 e. The lowest BCUT2D eigenvalue weighted by atomic mass is 10.2. The Kier molecular flexibility index (Phi) is 6.19. The van der Waals surface area contributed by atoms with Gasteiger partial charge >= 0.3 is 5.97 Å². The van der Waals surface area contributed by atoms with Crippen molar-refractivity contribution in [2.24, 2.45) is 0 Å². The molecule has 1 unspecified atom stereocenters. The number of carboxylic acid groups (broad SMARTS) is 1. The van der Waals surface area contributed by atoms with Crippen LogP contribution >= 0.6 is 11.8 Å². The van der Waals surface area contributed by atoms with E-state index in [1.54, 1.807) is 17.8 Å². The van der Waals surface area contributed by atoms with Crippen LogP contribution in [0.4, 0.5) is 5.69 Å². The van der Waals surface area contributed by atoms with Crippen LogP contribution in [-0.4, -0.2) is 36.6 Å². The molecule has 0 saturated heterocycles. The molecule has 0 amide bonds. The van der Waals surface area contributed by atoms with E-state index in [9.17, 15) is 10.1 Å². The first kappa shape index (κ1) is 15.3. The van der Waals surface area contributed by atoms with E-state index >= 15 is 0 Å². The Morgan fingerprint density at radius 2 is 2.37 bits per heavy atom. The van der Waals surface area contributed by atoms with Gasteiger partial charge in [0.25, 0.3) is 0 Å². The van der Waals surface area contributed by atoms with Crippen LogP contribution in [0.2, 0.25) is 0 Å². The fourth-order valence-electron chi connectivity index (χ4n) is 1.54. The van der Waals surface area contributed by atoms with Crippen molar-refractivity contribution < 1.29 is 14.6 Å². The zero-order chi connectivity index (χ0) is 14.3. The third-order valence-corrected chi connectivity index (χ3v) is 3.42. The van der Waals surface area contributed by atoms with E-state index in [2.05, 4.69) is 11.4 Å². The van der Waals surface area contributed by atoms with Crippen LogP contribution in [0, 0.1) is 11.3 Å². The number of nitriles is 1. The number of carboxylic acids is 1. The van der Waals surface area contributed by atoms with Gasteiger partial charge in [-0.2, -0.15) is 5.26 Å². The summed E-state index contributed by atoms with van der Waals surface area (Å²) in [5.41, 5.74) is 1.17. The summed E-state index contributed by atoms with van der Waals surface area (Å²) in [6, 6.07) is 7.62. The molecule has 0 radical (unpaired) electrons. The summed E-state index contributed by atoms with van der Waals surface area (Å²) in [6.07, 6.45) is -0.936. The zero-order valence-corrected chi connectivity index (χ0v) is 11.7. The molecule has 1 rings (SSSR count). The van der Waals surface area contributed by atoms with Crippen molar-refractivity contribution in [1.29, 1.82) is 5.26 Å². The number of methoxy groups -OCH3 is 1. The Morgan fingerprint density at radius 1 is 1.63 bits per heavy atom. The lowest BCUT2D eigenvalue weighted by Crippen LogP contribution is -2.30. The van der Waals surface area contributed by atoms with Crippen molar-refractivity contribution in [3.8, 4) is 6.07 Å². The van der Waals surface area contributed by atoms with Gasteiger partial charge in [0.2, 0.25) is 0 Å². The van der Waals surface area contributed by atoms with Crippen LogP contribution < -0.4 is 5.32 Å². The molecule has 0 heterocycles. The molecule has 1 atom stereocenters. The Morgan fingerprint density at radius 3 is 2.89 bits per heavy atom. The number of aliphatic carboxylic acids is 1. The molecule has 0 bridgehead atoms. The minimum Gasteiger partial charge on any atom is -0.479 e. The predicted molar refractivity (Wildman–Crippen MR) is 74.5 cm³/mol. The molecule has 19 heavy (non-hydrogen) atoms. The maximum Gasteiger partial charge on any atom is 0.334 e. The van der Waals surface area contributed by atoms with Crippen molar-refractivity contribution in [1.82, 2.24) is 0 Å². The Bertz CT molecular complexity index is 485. The van der Waals surface area contributed by atoms with Crippen LogP contribution in [0.1, 0.15) is 12.5 Å². The minimum absolute atomic E-state index is 0.112. The summed E-state index contributed by atoms with van der Waals surface area (Å²) >= 11 is 1.58. The van der Waals surface area contributed by atoms with Gasteiger partial charge in [-0.1, -0.05) is 13.0 Å². The van der Waals surface area contributed by atoms with Gasteiger partial charge in [0.05, 0.1) is 17.8 Å². The number of nitrogens with zero attached hydrogens (tertiary/aromatic N) is 1. The largest absolute Gasteiger partial charge is 0.479 e. The summed E-state index contributed by atoms with van der Waals surface area (Å²) in [7, 11) is 1.34. The average Bonchev–Trinajstić information content (AvgIpc) is 2.39. The van der Waals surface area contributed by atoms with E-state index in [0.29, 0.717) is 11.3 Å². The van der Waals surface area contributed by atoms with Crippen molar-refractivity contribution in [2.75, 3.05) is 24.7 Å². The standard InChI is InChI=1S/C13H16N2O3S/c1-3-19-12-6-4-5-10(9(12)7-14)15-8-11(18-2)13(16)17/h4-6,11,15H,3,8H2,1-2H3,(H,16,17). The second-order valence-corrected chi connectivity index (χ2v) is 4.97. The van der Waals surface area contributed by atoms with Gasteiger partial charge < -0.3 is 15.2 Å². The Balaban J connectivity index is 2.86. The predicted octanol–water partition coefficient (Wildman–Crippen LogP) is 2.18. The molecular formula is C13H16N2O3S. The summed E-state index contributed by atoms with van der Waals surface area (Å²) < 4.78 is 4.83. The minimum atomic E-state index is -1.03. The monoisotopic (exact) mass is 280 g/mol. The Hall–Kier alpha value is -1.71. The molecule has 5 nitrogen and oxygen atoms in total. The van der Waals surface area contributed by atoms with Crippen molar-refractivity contribution >= 4 is 23.4 Å². The van der Waals surface area contributed by atoms with E-state index in [-0.39, 0.29) is 6.54 Å². The van der Waals surface area contributed by atoms with Gasteiger partial charge in [-0.15, -0.1) is 11.8 Å². The van der Waals surface area contributed by atoms with E-state index in [0.717, 1.165) is 10.6 Å². The number of benzene rings is 1. The van der Waals surface area contributed by atoms with Crippen LogP contribution in [0.3, 0.4) is 0 Å². The van der Waals surface area contributed by atoms with Crippen LogP contribution in [0.25, 0.3) is 0 Å². The van der Waals surface area contributed by atoms with E-state index < -0.39 is 12.1 Å². The van der Waals surface area contributed by atoms with E-state index in [1.165, 1.54) is 7.11 Å². The molecule has 6 heteroatoms. The molecule has 102 valence electrons. The number of ether oxygens (including phenoxy) is 1. The molecule has 0 saturated carbocycles. The lowest BCUT2D eigenvalue weighted by Gasteiger charge is -2.14.